The Hall–Kier alpha value is -2.10. The van der Waals surface area contributed by atoms with Gasteiger partial charge in [0.05, 0.1) is 17.9 Å². The summed E-state index contributed by atoms with van der Waals surface area (Å²) in [5.41, 5.74) is 2.42. The van der Waals surface area contributed by atoms with Crippen molar-refractivity contribution in [2.24, 2.45) is 23.7 Å². The molecule has 0 amide bonds. The normalized spacial score (nSPS) is 25.3. The van der Waals surface area contributed by atoms with E-state index in [0.717, 1.165) is 43.1 Å². The van der Waals surface area contributed by atoms with Gasteiger partial charge in [-0.3, -0.25) is 4.79 Å². The van der Waals surface area contributed by atoms with E-state index in [9.17, 15) is 9.90 Å². The number of hydrogen-bond donors (Lipinski definition) is 1. The molecule has 5 nitrogen and oxygen atoms in total. The van der Waals surface area contributed by atoms with Gasteiger partial charge in [-0.25, -0.2) is 0 Å². The van der Waals surface area contributed by atoms with Crippen LogP contribution >= 0.6 is 23.2 Å². The fraction of sp³-hybridized carbons (Fsp3) is 0.462. The zero-order valence-corrected chi connectivity index (χ0v) is 20.6. The summed E-state index contributed by atoms with van der Waals surface area (Å²) < 4.78 is 0. The monoisotopic (exact) mass is 487 g/mol. The highest BCUT2D eigenvalue weighted by molar-refractivity contribution is 6.30. The number of nitrogens with zero attached hydrogens (tertiary/aromatic N) is 3. The molecule has 4 atom stereocenters. The number of carboxylic acid groups (broad SMARTS) is 1. The molecule has 0 aromatic heterocycles. The molecule has 2 aliphatic heterocycles. The van der Waals surface area contributed by atoms with E-state index < -0.39 is 5.97 Å². The van der Waals surface area contributed by atoms with E-state index in [1.54, 1.807) is 0 Å². The summed E-state index contributed by atoms with van der Waals surface area (Å²) in [5, 5.41) is 19.7. The number of hydrogen-bond acceptors (Lipinski definition) is 4. The molecule has 0 bridgehead atoms. The number of halogens is 2. The van der Waals surface area contributed by atoms with E-state index >= 15 is 0 Å². The van der Waals surface area contributed by atoms with Crippen LogP contribution in [0, 0.1) is 35.0 Å². The second-order valence-corrected chi connectivity index (χ2v) is 10.2. The number of rotatable bonds is 5. The average Bonchev–Trinajstić information content (AvgIpc) is 3.33. The third-order valence-corrected chi connectivity index (χ3v) is 7.06. The van der Waals surface area contributed by atoms with Crippen LogP contribution in [0.25, 0.3) is 0 Å². The molecule has 4 rings (SSSR count). The van der Waals surface area contributed by atoms with Gasteiger partial charge in [0.15, 0.2) is 0 Å². The lowest BCUT2D eigenvalue weighted by Gasteiger charge is -2.14. The first-order valence-corrected chi connectivity index (χ1v) is 12.0. The summed E-state index contributed by atoms with van der Waals surface area (Å²) >= 11 is 11.7. The molecule has 2 aromatic carbocycles. The molecule has 0 saturated carbocycles. The molecule has 0 radical (unpaired) electrons. The van der Waals surface area contributed by atoms with Crippen molar-refractivity contribution >= 4 is 29.2 Å². The fourth-order valence-corrected chi connectivity index (χ4v) is 5.11. The molecule has 33 heavy (non-hydrogen) atoms. The highest BCUT2D eigenvalue weighted by Crippen LogP contribution is 2.27. The molecular weight excluding hydrogens is 457 g/mol. The Bertz CT molecular complexity index is 959. The summed E-state index contributed by atoms with van der Waals surface area (Å²) in [7, 11) is 4.05. The van der Waals surface area contributed by atoms with Crippen LogP contribution < -0.4 is 0 Å². The van der Waals surface area contributed by atoms with Crippen LogP contribution in [0.3, 0.4) is 0 Å². The first kappa shape index (κ1) is 25.5. The summed E-state index contributed by atoms with van der Waals surface area (Å²) in [4.78, 5) is 15.5. The van der Waals surface area contributed by atoms with Crippen LogP contribution in [-0.4, -0.2) is 61.2 Å². The van der Waals surface area contributed by atoms with Gasteiger partial charge in [0.1, 0.15) is 0 Å². The van der Waals surface area contributed by atoms with E-state index in [1.165, 1.54) is 5.56 Å². The van der Waals surface area contributed by atoms with Gasteiger partial charge in [0.25, 0.3) is 0 Å². The van der Waals surface area contributed by atoms with Crippen LogP contribution in [0.4, 0.5) is 0 Å². The second kappa shape index (κ2) is 11.9. The van der Waals surface area contributed by atoms with Crippen LogP contribution in [0.2, 0.25) is 10.0 Å². The van der Waals surface area contributed by atoms with Crippen molar-refractivity contribution < 1.29 is 9.90 Å². The maximum Gasteiger partial charge on any atom is 0.308 e. The average molecular weight is 488 g/mol. The van der Waals surface area contributed by atoms with Gasteiger partial charge in [-0.2, -0.15) is 5.26 Å². The summed E-state index contributed by atoms with van der Waals surface area (Å²) in [6.45, 7) is 3.41. The molecule has 7 heteroatoms. The standard InChI is InChI=1S/C13H15ClN2.C13H16ClNO2/c1-16-8-11(12(7-15)9-16)6-10-2-4-13(14)5-3-10;1-15-7-10(12(8-15)13(16)17)6-9-2-4-11(14)5-3-9/h2-5,11-12H,6,8-9H2,1H3;2-5,10,12H,6-8H2,1H3,(H,16,17)/t11-,12-;10-,12-/m00/s1. The van der Waals surface area contributed by atoms with Gasteiger partial charge < -0.3 is 14.9 Å². The predicted octanol–water partition coefficient (Wildman–Crippen LogP) is 4.73. The molecule has 1 N–H and O–H groups in total. The zero-order chi connectivity index (χ0) is 24.0. The van der Waals surface area contributed by atoms with Gasteiger partial charge in [-0.15, -0.1) is 0 Å². The van der Waals surface area contributed by atoms with Crippen molar-refractivity contribution in [2.45, 2.75) is 12.8 Å². The molecule has 0 unspecified atom stereocenters. The van der Waals surface area contributed by atoms with Crippen LogP contribution in [0.1, 0.15) is 11.1 Å². The molecule has 2 heterocycles. The van der Waals surface area contributed by atoms with Crippen LogP contribution in [0.5, 0.6) is 0 Å². The zero-order valence-electron chi connectivity index (χ0n) is 19.1. The smallest absolute Gasteiger partial charge is 0.308 e. The molecular formula is C26H31Cl2N3O2. The molecule has 0 aliphatic carbocycles. The Labute approximate surface area is 206 Å². The predicted molar refractivity (Wildman–Crippen MR) is 133 cm³/mol. The number of carboxylic acids is 1. The van der Waals surface area contributed by atoms with Crippen molar-refractivity contribution in [3.8, 4) is 6.07 Å². The Morgan fingerprint density at radius 3 is 1.82 bits per heavy atom. The van der Waals surface area contributed by atoms with Gasteiger partial charge >= 0.3 is 5.97 Å². The number of benzene rings is 2. The SMILES string of the molecule is CN1C[C@H](Cc2ccc(Cl)cc2)[C@@H](C#N)C1.CN1C[C@H](Cc2ccc(Cl)cc2)[C@@H](C(=O)O)C1. The minimum Gasteiger partial charge on any atom is -0.481 e. The topological polar surface area (TPSA) is 67.6 Å². The molecule has 2 fully saturated rings. The van der Waals surface area contributed by atoms with Gasteiger partial charge in [-0.1, -0.05) is 47.5 Å². The quantitative estimate of drug-likeness (QED) is 0.659. The minimum absolute atomic E-state index is 0.167. The van der Waals surface area contributed by atoms with Gasteiger partial charge in [0, 0.05) is 36.2 Å². The minimum atomic E-state index is -0.687. The van der Waals surface area contributed by atoms with Crippen molar-refractivity contribution in [3.63, 3.8) is 0 Å². The van der Waals surface area contributed by atoms with Crippen molar-refractivity contribution in [3.05, 3.63) is 69.7 Å². The molecule has 176 valence electrons. The fourth-order valence-electron chi connectivity index (χ4n) is 4.86. The molecule has 2 aromatic rings. The number of nitriles is 1. The lowest BCUT2D eigenvalue weighted by Crippen LogP contribution is -2.23. The van der Waals surface area contributed by atoms with Crippen molar-refractivity contribution in [2.75, 3.05) is 40.3 Å². The second-order valence-electron chi connectivity index (χ2n) is 9.30. The maximum atomic E-state index is 11.2. The van der Waals surface area contributed by atoms with Gasteiger partial charge in [-0.05, 0) is 74.2 Å². The third-order valence-electron chi connectivity index (χ3n) is 6.55. The van der Waals surface area contributed by atoms with E-state index in [1.807, 2.05) is 43.4 Å². The maximum absolute atomic E-state index is 11.2. The van der Waals surface area contributed by atoms with Crippen molar-refractivity contribution in [1.82, 2.24) is 9.80 Å². The van der Waals surface area contributed by atoms with E-state index in [-0.39, 0.29) is 17.8 Å². The van der Waals surface area contributed by atoms with Crippen LogP contribution in [-0.2, 0) is 17.6 Å². The lowest BCUT2D eigenvalue weighted by molar-refractivity contribution is -0.142. The number of likely N-dealkylation sites (tertiary alicyclic amines) is 2. The first-order chi connectivity index (χ1) is 15.7. The number of carbonyl (C=O) groups is 1. The highest BCUT2D eigenvalue weighted by atomic mass is 35.5. The summed E-state index contributed by atoms with van der Waals surface area (Å²) in [6.07, 6.45) is 1.78. The molecule has 0 spiro atoms. The largest absolute Gasteiger partial charge is 0.481 e. The Balaban J connectivity index is 0.000000186. The molecule has 2 saturated heterocycles. The van der Waals surface area contributed by atoms with Gasteiger partial charge in [0.2, 0.25) is 0 Å². The van der Waals surface area contributed by atoms with E-state index in [4.69, 9.17) is 28.5 Å². The Kier molecular flexibility index (Phi) is 9.17. The van der Waals surface area contributed by atoms with E-state index in [0.29, 0.717) is 17.5 Å². The highest BCUT2D eigenvalue weighted by Gasteiger charge is 2.35. The summed E-state index contributed by atoms with van der Waals surface area (Å²) in [5.74, 6) is -0.125. The third kappa shape index (κ3) is 7.45. The lowest BCUT2D eigenvalue weighted by atomic mass is 9.90. The summed E-state index contributed by atoms with van der Waals surface area (Å²) in [6, 6.07) is 18.0. The Morgan fingerprint density at radius 1 is 0.879 bits per heavy atom. The van der Waals surface area contributed by atoms with E-state index in [2.05, 4.69) is 35.0 Å². The first-order valence-electron chi connectivity index (χ1n) is 11.2. The number of aliphatic carboxylic acids is 1. The van der Waals surface area contributed by atoms with Crippen molar-refractivity contribution in [1.29, 1.82) is 5.26 Å². The van der Waals surface area contributed by atoms with Crippen LogP contribution in [0.15, 0.2) is 48.5 Å². The molecule has 2 aliphatic rings. The Morgan fingerprint density at radius 2 is 1.33 bits per heavy atom.